The quantitative estimate of drug-likeness (QED) is 0.814. The van der Waals surface area contributed by atoms with Gasteiger partial charge in [0, 0.05) is 0 Å². The first-order valence-electron chi connectivity index (χ1n) is 5.53. The van der Waals surface area contributed by atoms with Crippen molar-refractivity contribution in [2.24, 2.45) is 5.41 Å². The molecule has 1 aliphatic rings. The molecule has 0 aromatic heterocycles. The molecule has 0 bridgehead atoms. The minimum atomic E-state index is -0.362. The van der Waals surface area contributed by atoms with Crippen LogP contribution in [0.2, 0.25) is 0 Å². The van der Waals surface area contributed by atoms with E-state index < -0.39 is 0 Å². The molecular weight excluding hydrogens is 218 g/mol. The number of hydrogen-bond acceptors (Lipinski definition) is 3. The molecule has 1 aromatic rings. The third-order valence-electron chi connectivity index (χ3n) is 3.32. The van der Waals surface area contributed by atoms with Crippen molar-refractivity contribution in [2.75, 3.05) is 14.2 Å². The molecule has 1 N–H and O–H groups in total. The van der Waals surface area contributed by atoms with E-state index in [2.05, 4.69) is 5.32 Å². The van der Waals surface area contributed by atoms with Crippen molar-refractivity contribution < 1.29 is 14.3 Å². The van der Waals surface area contributed by atoms with Gasteiger partial charge in [-0.05, 0) is 31.5 Å². The Morgan fingerprint density at radius 3 is 2.29 bits per heavy atom. The molecule has 1 saturated heterocycles. The van der Waals surface area contributed by atoms with Crippen molar-refractivity contribution in [3.63, 3.8) is 0 Å². The van der Waals surface area contributed by atoms with Gasteiger partial charge in [-0.1, -0.05) is 6.07 Å². The van der Waals surface area contributed by atoms with Crippen LogP contribution in [-0.2, 0) is 4.79 Å². The molecule has 1 aliphatic heterocycles. The summed E-state index contributed by atoms with van der Waals surface area (Å²) in [5, 5.41) is 2.90. The summed E-state index contributed by atoms with van der Waals surface area (Å²) in [6.45, 7) is 3.88. The second-order valence-electron chi connectivity index (χ2n) is 4.74. The normalized spacial score (nSPS) is 21.4. The molecule has 92 valence electrons. The van der Waals surface area contributed by atoms with Crippen LogP contribution in [0.4, 0.5) is 0 Å². The van der Waals surface area contributed by atoms with E-state index in [4.69, 9.17) is 9.47 Å². The smallest absolute Gasteiger partial charge is 0.228 e. The lowest BCUT2D eigenvalue weighted by Crippen LogP contribution is -2.57. The zero-order valence-electron chi connectivity index (χ0n) is 10.5. The van der Waals surface area contributed by atoms with E-state index in [0.29, 0.717) is 11.5 Å². The summed E-state index contributed by atoms with van der Waals surface area (Å²) in [7, 11) is 3.21. The number of methoxy groups -OCH3 is 2. The molecule has 1 fully saturated rings. The predicted molar refractivity (Wildman–Crippen MR) is 64.2 cm³/mol. The monoisotopic (exact) mass is 235 g/mol. The first kappa shape index (κ1) is 11.8. The fraction of sp³-hybridized carbons (Fsp3) is 0.462. The van der Waals surface area contributed by atoms with Gasteiger partial charge in [0.05, 0.1) is 25.7 Å². The highest BCUT2D eigenvalue weighted by Gasteiger charge is 2.48. The van der Waals surface area contributed by atoms with E-state index in [-0.39, 0.29) is 17.4 Å². The SMILES string of the molecule is COc1ccc(C2NC(=O)C2(C)C)cc1OC. The van der Waals surface area contributed by atoms with Gasteiger partial charge < -0.3 is 14.8 Å². The fourth-order valence-electron chi connectivity index (χ4n) is 2.08. The molecule has 4 heteroatoms. The summed E-state index contributed by atoms with van der Waals surface area (Å²) in [4.78, 5) is 11.4. The number of carbonyl (C=O) groups is 1. The third kappa shape index (κ3) is 1.73. The van der Waals surface area contributed by atoms with Gasteiger partial charge in [0.25, 0.3) is 0 Å². The van der Waals surface area contributed by atoms with Crippen molar-refractivity contribution in [1.29, 1.82) is 0 Å². The Labute approximate surface area is 101 Å². The molecular formula is C13H17NO3. The zero-order chi connectivity index (χ0) is 12.6. The molecule has 0 spiro atoms. The largest absolute Gasteiger partial charge is 0.493 e. The van der Waals surface area contributed by atoms with Crippen LogP contribution in [0.5, 0.6) is 11.5 Å². The van der Waals surface area contributed by atoms with Crippen molar-refractivity contribution in [1.82, 2.24) is 5.32 Å². The fourth-order valence-corrected chi connectivity index (χ4v) is 2.08. The first-order valence-corrected chi connectivity index (χ1v) is 5.53. The van der Waals surface area contributed by atoms with Crippen LogP contribution < -0.4 is 14.8 Å². The van der Waals surface area contributed by atoms with Gasteiger partial charge in [0.1, 0.15) is 0 Å². The maximum atomic E-state index is 11.4. The van der Waals surface area contributed by atoms with Gasteiger partial charge in [-0.2, -0.15) is 0 Å². The summed E-state index contributed by atoms with van der Waals surface area (Å²) in [6.07, 6.45) is 0. The van der Waals surface area contributed by atoms with Crippen LogP contribution in [0.15, 0.2) is 18.2 Å². The molecule has 1 heterocycles. The van der Waals surface area contributed by atoms with Gasteiger partial charge in [-0.25, -0.2) is 0 Å². The summed E-state index contributed by atoms with van der Waals surface area (Å²) >= 11 is 0. The van der Waals surface area contributed by atoms with E-state index in [0.717, 1.165) is 5.56 Å². The highest BCUT2D eigenvalue weighted by atomic mass is 16.5. The van der Waals surface area contributed by atoms with Crippen LogP contribution in [0.25, 0.3) is 0 Å². The average molecular weight is 235 g/mol. The highest BCUT2D eigenvalue weighted by molar-refractivity contribution is 5.89. The first-order chi connectivity index (χ1) is 8.00. The third-order valence-corrected chi connectivity index (χ3v) is 3.32. The molecule has 1 aromatic carbocycles. The topological polar surface area (TPSA) is 47.6 Å². The second-order valence-corrected chi connectivity index (χ2v) is 4.74. The van der Waals surface area contributed by atoms with Crippen molar-refractivity contribution in [2.45, 2.75) is 19.9 Å². The predicted octanol–water partition coefficient (Wildman–Crippen LogP) is 1.90. The number of amides is 1. The van der Waals surface area contributed by atoms with Crippen molar-refractivity contribution in [3.8, 4) is 11.5 Å². The van der Waals surface area contributed by atoms with Gasteiger partial charge in [0.2, 0.25) is 5.91 Å². The number of nitrogens with one attached hydrogen (secondary N) is 1. The zero-order valence-corrected chi connectivity index (χ0v) is 10.5. The van der Waals surface area contributed by atoms with Crippen LogP contribution >= 0.6 is 0 Å². The summed E-state index contributed by atoms with van der Waals surface area (Å²) in [5.41, 5.74) is 0.673. The maximum Gasteiger partial charge on any atom is 0.228 e. The highest BCUT2D eigenvalue weighted by Crippen LogP contribution is 2.43. The molecule has 0 saturated carbocycles. The number of benzene rings is 1. The molecule has 1 atom stereocenters. The average Bonchev–Trinajstić information content (AvgIpc) is 2.35. The van der Waals surface area contributed by atoms with Gasteiger partial charge in [0.15, 0.2) is 11.5 Å². The Morgan fingerprint density at radius 1 is 1.18 bits per heavy atom. The maximum absolute atomic E-state index is 11.4. The van der Waals surface area contributed by atoms with E-state index in [9.17, 15) is 4.79 Å². The molecule has 0 aliphatic carbocycles. The lowest BCUT2D eigenvalue weighted by Gasteiger charge is -2.44. The Balaban J connectivity index is 2.32. The second kappa shape index (κ2) is 3.95. The lowest BCUT2D eigenvalue weighted by atomic mass is 9.73. The minimum absolute atomic E-state index is 0.0369. The van der Waals surface area contributed by atoms with Crippen LogP contribution in [0, 0.1) is 5.41 Å². The molecule has 1 amide bonds. The van der Waals surface area contributed by atoms with E-state index >= 15 is 0 Å². The number of ether oxygens (including phenoxy) is 2. The van der Waals surface area contributed by atoms with E-state index in [1.165, 1.54) is 0 Å². The summed E-state index contributed by atoms with van der Waals surface area (Å²) < 4.78 is 10.4. The summed E-state index contributed by atoms with van der Waals surface area (Å²) in [6, 6.07) is 5.75. The Kier molecular flexibility index (Phi) is 2.73. The number of β-lactam (4-membered cyclic amide) rings is 1. The van der Waals surface area contributed by atoms with E-state index in [1.807, 2.05) is 32.0 Å². The molecule has 17 heavy (non-hydrogen) atoms. The van der Waals surface area contributed by atoms with Crippen LogP contribution in [0.1, 0.15) is 25.5 Å². The Bertz CT molecular complexity index is 454. The van der Waals surface area contributed by atoms with Crippen LogP contribution in [0.3, 0.4) is 0 Å². The standard InChI is InChI=1S/C13H17NO3/c1-13(2)11(14-12(13)15)8-5-6-9(16-3)10(7-8)17-4/h5-7,11H,1-4H3,(H,14,15). The van der Waals surface area contributed by atoms with Gasteiger partial charge >= 0.3 is 0 Å². The van der Waals surface area contributed by atoms with Gasteiger partial charge in [-0.15, -0.1) is 0 Å². The van der Waals surface area contributed by atoms with Crippen LogP contribution in [-0.4, -0.2) is 20.1 Å². The van der Waals surface area contributed by atoms with Crippen molar-refractivity contribution >= 4 is 5.91 Å². The lowest BCUT2D eigenvalue weighted by molar-refractivity contribution is -0.143. The Hall–Kier alpha value is -1.71. The molecule has 2 rings (SSSR count). The van der Waals surface area contributed by atoms with Crippen molar-refractivity contribution in [3.05, 3.63) is 23.8 Å². The number of carbonyl (C=O) groups excluding carboxylic acids is 1. The number of hydrogen-bond donors (Lipinski definition) is 1. The van der Waals surface area contributed by atoms with E-state index in [1.54, 1.807) is 14.2 Å². The van der Waals surface area contributed by atoms with Gasteiger partial charge in [-0.3, -0.25) is 4.79 Å². The number of rotatable bonds is 3. The Morgan fingerprint density at radius 2 is 1.82 bits per heavy atom. The molecule has 1 unspecified atom stereocenters. The summed E-state index contributed by atoms with van der Waals surface area (Å²) in [5.74, 6) is 1.46. The molecule has 4 nitrogen and oxygen atoms in total. The molecule has 0 radical (unpaired) electrons. The minimum Gasteiger partial charge on any atom is -0.493 e.